The quantitative estimate of drug-likeness (QED) is 0.607. The van der Waals surface area contributed by atoms with E-state index in [9.17, 15) is 14.3 Å². The number of pyridine rings is 1. The number of carbonyl (C=O) groups is 1. The molecular weight excluding hydrogens is 462 g/mol. The number of halogens is 2. The van der Waals surface area contributed by atoms with Crippen LogP contribution >= 0.6 is 0 Å². The molecule has 182 valence electrons. The minimum absolute atomic E-state index is 0.0368. The van der Waals surface area contributed by atoms with Crippen LogP contribution in [0.2, 0.25) is 0 Å². The summed E-state index contributed by atoms with van der Waals surface area (Å²) in [5, 5.41) is 13.5. The Kier molecular flexibility index (Phi) is 4.94. The van der Waals surface area contributed by atoms with Gasteiger partial charge in [0.15, 0.2) is 5.83 Å². The van der Waals surface area contributed by atoms with Gasteiger partial charge in [0.05, 0.1) is 29.0 Å². The van der Waals surface area contributed by atoms with Gasteiger partial charge in [0.25, 0.3) is 0 Å². The summed E-state index contributed by atoms with van der Waals surface area (Å²) in [6, 6.07) is 4.79. The summed E-state index contributed by atoms with van der Waals surface area (Å²) in [5.74, 6) is 1.39. The zero-order valence-corrected chi connectivity index (χ0v) is 19.8. The summed E-state index contributed by atoms with van der Waals surface area (Å²) in [5.41, 5.74) is 3.65. The third-order valence-electron chi connectivity index (χ3n) is 7.74. The molecule has 3 unspecified atom stereocenters. The summed E-state index contributed by atoms with van der Waals surface area (Å²) in [7, 11) is 0. The predicted octanol–water partition coefficient (Wildman–Crippen LogP) is 3.09. The molecule has 1 aromatic carbocycles. The number of likely N-dealkylation sites (tertiary alicyclic amines) is 1. The minimum Gasteiger partial charge on any atom is -0.465 e. The van der Waals surface area contributed by atoms with Gasteiger partial charge < -0.3 is 20.2 Å². The van der Waals surface area contributed by atoms with Gasteiger partial charge in [-0.2, -0.15) is 0 Å². The Bertz CT molecular complexity index is 1570. The molecule has 3 aliphatic heterocycles. The number of fused-ring (bicyclic) bond motifs is 3. The largest absolute Gasteiger partial charge is 0.465 e. The van der Waals surface area contributed by atoms with Gasteiger partial charge in [-0.25, -0.2) is 18.6 Å². The predicted molar refractivity (Wildman–Crippen MR) is 134 cm³/mol. The number of nitrogens with one attached hydrogen (secondary N) is 1. The molecule has 4 aliphatic rings. The third kappa shape index (κ3) is 3.02. The van der Waals surface area contributed by atoms with Crippen LogP contribution in [0.15, 0.2) is 30.0 Å². The SMILES string of the molecule is C#Cc1c(F)ccc2c1C(=C1NC=c3c(N4C(C)C5C4CCN5C(=O)O)cc(C)nc3=C1F)CC=C2. The van der Waals surface area contributed by atoms with E-state index in [0.717, 1.165) is 17.7 Å². The van der Waals surface area contributed by atoms with Crippen LogP contribution < -0.4 is 20.8 Å². The smallest absolute Gasteiger partial charge is 0.407 e. The molecule has 2 N–H and O–H groups in total. The molecule has 36 heavy (non-hydrogen) atoms. The first kappa shape index (κ1) is 22.4. The highest BCUT2D eigenvalue weighted by Crippen LogP contribution is 2.41. The Morgan fingerprint density at radius 2 is 2.14 bits per heavy atom. The third-order valence-corrected chi connectivity index (χ3v) is 7.74. The molecule has 3 atom stereocenters. The average Bonchev–Trinajstić information content (AvgIpc) is 3.24. The van der Waals surface area contributed by atoms with E-state index >= 15 is 4.39 Å². The fraction of sp³-hybridized carbons (Fsp3) is 0.286. The van der Waals surface area contributed by atoms with Crippen molar-refractivity contribution in [3.63, 3.8) is 0 Å². The number of anilines is 1. The second-order valence-electron chi connectivity index (χ2n) is 9.61. The van der Waals surface area contributed by atoms with Crippen LogP contribution in [0.4, 0.5) is 19.3 Å². The maximum Gasteiger partial charge on any atom is 0.407 e. The number of aryl methyl sites for hydroxylation is 1. The summed E-state index contributed by atoms with van der Waals surface area (Å²) in [4.78, 5) is 19.8. The van der Waals surface area contributed by atoms with Gasteiger partial charge in [0.1, 0.15) is 11.2 Å². The van der Waals surface area contributed by atoms with Crippen LogP contribution in [0.3, 0.4) is 0 Å². The number of allylic oxidation sites excluding steroid dienone is 3. The van der Waals surface area contributed by atoms with Crippen LogP contribution in [0.25, 0.3) is 23.7 Å². The van der Waals surface area contributed by atoms with Crippen LogP contribution in [-0.2, 0) is 0 Å². The molecule has 2 fully saturated rings. The van der Waals surface area contributed by atoms with Gasteiger partial charge in [0, 0.05) is 35.3 Å². The molecule has 4 heterocycles. The van der Waals surface area contributed by atoms with E-state index in [-0.39, 0.29) is 34.7 Å². The number of nitrogens with zero attached hydrogens (tertiary/aromatic N) is 3. The van der Waals surface area contributed by atoms with Crippen molar-refractivity contribution < 1.29 is 18.7 Å². The number of carboxylic acid groups (broad SMARTS) is 1. The van der Waals surface area contributed by atoms with Crippen LogP contribution in [-0.4, -0.2) is 45.8 Å². The lowest BCUT2D eigenvalue weighted by molar-refractivity contribution is 0.114. The maximum atomic E-state index is 16.2. The number of amides is 1. The highest BCUT2D eigenvalue weighted by molar-refractivity contribution is 5.90. The first-order valence-corrected chi connectivity index (χ1v) is 11.9. The van der Waals surface area contributed by atoms with Gasteiger partial charge in [-0.05, 0) is 50.0 Å². The molecule has 2 saturated heterocycles. The van der Waals surface area contributed by atoms with Crippen LogP contribution in [0, 0.1) is 25.1 Å². The molecule has 8 heteroatoms. The molecule has 2 aromatic rings. The van der Waals surface area contributed by atoms with E-state index in [1.54, 1.807) is 12.3 Å². The fourth-order valence-corrected chi connectivity index (χ4v) is 6.24. The monoisotopic (exact) mass is 486 g/mol. The number of hydrogen-bond donors (Lipinski definition) is 2. The van der Waals surface area contributed by atoms with E-state index in [0.29, 0.717) is 35.0 Å². The molecule has 0 radical (unpaired) electrons. The first-order valence-electron chi connectivity index (χ1n) is 11.9. The highest BCUT2D eigenvalue weighted by Gasteiger charge is 2.54. The number of aromatic nitrogens is 1. The highest BCUT2D eigenvalue weighted by atomic mass is 19.1. The summed E-state index contributed by atoms with van der Waals surface area (Å²) in [6.45, 7) is 4.30. The van der Waals surface area contributed by atoms with Gasteiger partial charge in [0.2, 0.25) is 0 Å². The Morgan fingerprint density at radius 1 is 1.33 bits per heavy atom. The zero-order valence-electron chi connectivity index (χ0n) is 19.8. The van der Waals surface area contributed by atoms with Crippen molar-refractivity contribution in [2.45, 2.75) is 44.8 Å². The van der Waals surface area contributed by atoms with Gasteiger partial charge >= 0.3 is 6.09 Å². The van der Waals surface area contributed by atoms with Crippen LogP contribution in [0.1, 0.15) is 42.1 Å². The standard InChI is InChI=1S/C28H24F2N4O2/c1-4-17-20(29)9-8-16-6-5-7-18(23(16)17)25-24(30)26-19(13-31-25)22(12-14(2)32-26)34-15(3)27-21(34)10-11-33(27)28(35)36/h1,5-6,8-9,12-13,15,21,27,31H,7,10-11H2,2-3H3,(H,35,36). The number of hydrogen-bond acceptors (Lipinski definition) is 4. The summed E-state index contributed by atoms with van der Waals surface area (Å²) >= 11 is 0. The van der Waals surface area contributed by atoms with Crippen LogP contribution in [0.5, 0.6) is 0 Å². The van der Waals surface area contributed by atoms with E-state index in [2.05, 4.69) is 21.1 Å². The minimum atomic E-state index is -0.907. The van der Waals surface area contributed by atoms with Crippen molar-refractivity contribution in [2.75, 3.05) is 11.4 Å². The van der Waals surface area contributed by atoms with E-state index in [4.69, 9.17) is 6.42 Å². The second-order valence-corrected chi connectivity index (χ2v) is 9.61. The van der Waals surface area contributed by atoms with Gasteiger partial charge in [-0.3, -0.25) is 0 Å². The maximum absolute atomic E-state index is 16.2. The number of rotatable bonds is 1. The lowest BCUT2D eigenvalue weighted by Crippen LogP contribution is -2.70. The number of terminal acetylenes is 1. The summed E-state index contributed by atoms with van der Waals surface area (Å²) in [6.07, 6.45) is 11.3. The average molecular weight is 487 g/mol. The molecule has 0 bridgehead atoms. The van der Waals surface area contributed by atoms with E-state index in [1.165, 1.54) is 11.0 Å². The van der Waals surface area contributed by atoms with E-state index in [1.807, 2.05) is 32.1 Å². The zero-order chi connectivity index (χ0) is 25.3. The summed E-state index contributed by atoms with van der Waals surface area (Å²) < 4.78 is 30.7. The molecule has 6 nitrogen and oxygen atoms in total. The molecule has 6 rings (SSSR count). The Balaban J connectivity index is 1.51. The molecule has 0 saturated carbocycles. The van der Waals surface area contributed by atoms with Gasteiger partial charge in [-0.15, -0.1) is 6.42 Å². The Labute approximate surface area is 206 Å². The molecule has 1 aromatic heterocycles. The normalized spacial score (nSPS) is 25.8. The lowest BCUT2D eigenvalue weighted by Gasteiger charge is -2.54. The van der Waals surface area contributed by atoms with Crippen molar-refractivity contribution in [2.24, 2.45) is 0 Å². The molecule has 1 amide bonds. The Hall–Kier alpha value is -4.12. The number of benzene rings is 1. The Morgan fingerprint density at radius 3 is 2.89 bits per heavy atom. The molecule has 0 spiro atoms. The van der Waals surface area contributed by atoms with Gasteiger partial charge in [-0.1, -0.05) is 24.1 Å². The fourth-order valence-electron chi connectivity index (χ4n) is 6.24. The topological polar surface area (TPSA) is 68.7 Å². The van der Waals surface area contributed by atoms with Crippen molar-refractivity contribution in [3.8, 4) is 12.3 Å². The van der Waals surface area contributed by atoms with Crippen molar-refractivity contribution in [1.29, 1.82) is 0 Å². The van der Waals surface area contributed by atoms with E-state index < -0.39 is 17.7 Å². The molecular formula is C28H24F2N4O2. The van der Waals surface area contributed by atoms with Crippen molar-refractivity contribution in [3.05, 3.63) is 68.7 Å². The lowest BCUT2D eigenvalue weighted by atomic mass is 9.86. The molecule has 1 aliphatic carbocycles. The van der Waals surface area contributed by atoms with Crippen molar-refractivity contribution >= 4 is 35.5 Å². The van der Waals surface area contributed by atoms with Crippen molar-refractivity contribution in [1.82, 2.24) is 15.2 Å². The second kappa shape index (κ2) is 7.95. The first-order chi connectivity index (χ1) is 17.3.